The molecular formula is C31H27F3N4O6. The third kappa shape index (κ3) is 5.85. The molecule has 44 heavy (non-hydrogen) atoms. The molecule has 228 valence electrons. The number of carbonyl (C=O) groups is 2. The van der Waals surface area contributed by atoms with Crippen LogP contribution in [0.1, 0.15) is 43.2 Å². The maximum atomic E-state index is 14.4. The van der Waals surface area contributed by atoms with Crippen LogP contribution in [-0.4, -0.2) is 27.7 Å². The van der Waals surface area contributed by atoms with Crippen molar-refractivity contribution in [1.82, 2.24) is 10.5 Å². The van der Waals surface area contributed by atoms with E-state index in [0.29, 0.717) is 11.3 Å². The van der Waals surface area contributed by atoms with Crippen LogP contribution in [0.4, 0.5) is 29.3 Å². The molecule has 1 atom stereocenters. The van der Waals surface area contributed by atoms with Crippen molar-refractivity contribution in [1.29, 1.82) is 0 Å². The Morgan fingerprint density at radius 2 is 1.66 bits per heavy atom. The Morgan fingerprint density at radius 3 is 2.27 bits per heavy atom. The predicted octanol–water partition coefficient (Wildman–Crippen LogP) is 6.78. The van der Waals surface area contributed by atoms with Gasteiger partial charge in [-0.1, -0.05) is 65.8 Å². The van der Waals surface area contributed by atoms with Gasteiger partial charge in [-0.2, -0.15) is 13.2 Å². The highest BCUT2D eigenvalue weighted by Crippen LogP contribution is 2.45. The molecular weight excluding hydrogens is 581 g/mol. The van der Waals surface area contributed by atoms with Crippen molar-refractivity contribution < 1.29 is 36.9 Å². The number of rotatable bonds is 7. The summed E-state index contributed by atoms with van der Waals surface area (Å²) in [7, 11) is 0. The molecule has 13 heteroatoms. The predicted molar refractivity (Wildman–Crippen MR) is 152 cm³/mol. The summed E-state index contributed by atoms with van der Waals surface area (Å²) in [4.78, 5) is 40.6. The van der Waals surface area contributed by atoms with Gasteiger partial charge in [0.05, 0.1) is 29.1 Å². The number of benzene rings is 3. The second kappa shape index (κ2) is 11.1. The SMILES string of the molecule is CC(C)(C)OC(=O)N[C@@]1(Cc2onc(-c3ccc(C(F)(F)F)cc3)c2[N+](=O)[O-])C(=O)N(Cc2ccccc2)c2ccccc21. The Hall–Kier alpha value is -5.20. The molecule has 1 aliphatic rings. The Labute approximate surface area is 249 Å². The third-order valence-corrected chi connectivity index (χ3v) is 6.99. The van der Waals surface area contributed by atoms with Crippen LogP contribution in [0.15, 0.2) is 83.4 Å². The number of carbonyl (C=O) groups excluding carboxylic acids is 2. The first-order valence-corrected chi connectivity index (χ1v) is 13.5. The van der Waals surface area contributed by atoms with Crippen molar-refractivity contribution in [3.8, 4) is 11.3 Å². The fraction of sp³-hybridized carbons (Fsp3) is 0.258. The number of ether oxygens (including phenoxy) is 1. The molecule has 2 heterocycles. The fourth-order valence-corrected chi connectivity index (χ4v) is 5.13. The van der Waals surface area contributed by atoms with Gasteiger partial charge in [0, 0.05) is 11.1 Å². The van der Waals surface area contributed by atoms with E-state index in [9.17, 15) is 32.9 Å². The van der Waals surface area contributed by atoms with Crippen molar-refractivity contribution in [2.75, 3.05) is 4.90 Å². The van der Waals surface area contributed by atoms with Crippen LogP contribution >= 0.6 is 0 Å². The monoisotopic (exact) mass is 608 g/mol. The fourth-order valence-electron chi connectivity index (χ4n) is 5.13. The van der Waals surface area contributed by atoms with Crippen molar-refractivity contribution in [2.24, 2.45) is 0 Å². The molecule has 0 fully saturated rings. The number of fused-ring (bicyclic) bond motifs is 1. The highest BCUT2D eigenvalue weighted by molar-refractivity contribution is 6.09. The number of aromatic nitrogens is 1. The Balaban J connectivity index is 1.62. The second-order valence-corrected chi connectivity index (χ2v) is 11.2. The Kier molecular flexibility index (Phi) is 7.66. The molecule has 1 aromatic heterocycles. The van der Waals surface area contributed by atoms with Gasteiger partial charge in [0.15, 0.2) is 11.2 Å². The maximum Gasteiger partial charge on any atom is 0.416 e. The van der Waals surface area contributed by atoms with Crippen LogP contribution in [0.25, 0.3) is 11.3 Å². The first-order valence-electron chi connectivity index (χ1n) is 13.5. The zero-order chi connectivity index (χ0) is 31.9. The van der Waals surface area contributed by atoms with Crippen LogP contribution in [0.3, 0.4) is 0 Å². The molecule has 3 aromatic carbocycles. The van der Waals surface area contributed by atoms with E-state index in [-0.39, 0.29) is 23.6 Å². The lowest BCUT2D eigenvalue weighted by atomic mass is 9.86. The molecule has 1 N–H and O–H groups in total. The van der Waals surface area contributed by atoms with E-state index in [1.807, 2.05) is 30.3 Å². The second-order valence-electron chi connectivity index (χ2n) is 11.2. The van der Waals surface area contributed by atoms with Gasteiger partial charge in [0.1, 0.15) is 5.60 Å². The number of halogens is 3. The average molecular weight is 609 g/mol. The number of alkyl carbamates (subject to hydrolysis) is 1. The van der Waals surface area contributed by atoms with Gasteiger partial charge in [-0.3, -0.25) is 14.9 Å². The van der Waals surface area contributed by atoms with Crippen LogP contribution < -0.4 is 10.2 Å². The van der Waals surface area contributed by atoms with E-state index in [1.54, 1.807) is 45.0 Å². The molecule has 2 amide bonds. The van der Waals surface area contributed by atoms with Crippen molar-refractivity contribution in [3.05, 3.63) is 111 Å². The van der Waals surface area contributed by atoms with Crippen molar-refractivity contribution in [3.63, 3.8) is 0 Å². The first kappa shape index (κ1) is 30.3. The van der Waals surface area contributed by atoms with Gasteiger partial charge in [-0.25, -0.2) is 4.79 Å². The lowest BCUT2D eigenvalue weighted by Crippen LogP contribution is -2.55. The summed E-state index contributed by atoms with van der Waals surface area (Å²) >= 11 is 0. The topological polar surface area (TPSA) is 128 Å². The number of hydrogen-bond donors (Lipinski definition) is 1. The third-order valence-electron chi connectivity index (χ3n) is 6.99. The summed E-state index contributed by atoms with van der Waals surface area (Å²) in [6.07, 6.45) is -6.11. The minimum atomic E-state index is -4.61. The van der Waals surface area contributed by atoms with Gasteiger partial charge in [0.25, 0.3) is 5.91 Å². The quantitative estimate of drug-likeness (QED) is 0.181. The summed E-state index contributed by atoms with van der Waals surface area (Å²) < 4.78 is 50.2. The van der Waals surface area contributed by atoms with E-state index in [0.717, 1.165) is 29.8 Å². The van der Waals surface area contributed by atoms with Gasteiger partial charge in [-0.05, 0) is 44.5 Å². The highest BCUT2D eigenvalue weighted by Gasteiger charge is 2.54. The molecule has 1 aliphatic heterocycles. The zero-order valence-electron chi connectivity index (χ0n) is 23.8. The lowest BCUT2D eigenvalue weighted by molar-refractivity contribution is -0.385. The van der Waals surface area contributed by atoms with Gasteiger partial charge in [0.2, 0.25) is 5.76 Å². The summed E-state index contributed by atoms with van der Waals surface area (Å²) in [5.41, 5.74) is -3.19. The number of hydrogen-bond acceptors (Lipinski definition) is 7. The molecule has 0 unspecified atom stereocenters. The number of amides is 2. The van der Waals surface area contributed by atoms with Crippen LogP contribution in [0, 0.1) is 10.1 Å². The Bertz CT molecular complexity index is 1710. The summed E-state index contributed by atoms with van der Waals surface area (Å²) in [5.74, 6) is -0.971. The van der Waals surface area contributed by atoms with E-state index in [2.05, 4.69) is 10.5 Å². The van der Waals surface area contributed by atoms with Crippen LogP contribution in [0.5, 0.6) is 0 Å². The Morgan fingerprint density at radius 1 is 1.02 bits per heavy atom. The molecule has 0 bridgehead atoms. The van der Waals surface area contributed by atoms with E-state index in [4.69, 9.17) is 9.26 Å². The highest BCUT2D eigenvalue weighted by atomic mass is 19.4. The zero-order valence-corrected chi connectivity index (χ0v) is 23.8. The molecule has 0 saturated heterocycles. The molecule has 0 spiro atoms. The van der Waals surface area contributed by atoms with E-state index >= 15 is 0 Å². The number of anilines is 1. The molecule has 0 saturated carbocycles. The maximum absolute atomic E-state index is 14.4. The standard InChI is InChI=1S/C31H27F3N4O6/c1-29(2,3)43-28(40)35-30(22-11-7-8-12-23(22)37(27(30)39)18-19-9-5-4-6-10-19)17-24-26(38(41)42)25(36-44-24)20-13-15-21(16-14-20)31(32,33)34/h4-16H,17-18H2,1-3H3,(H,35,40)/t30-/m1/s1. The van der Waals surface area contributed by atoms with Gasteiger partial charge < -0.3 is 19.5 Å². The molecule has 0 aliphatic carbocycles. The van der Waals surface area contributed by atoms with E-state index < -0.39 is 51.9 Å². The van der Waals surface area contributed by atoms with Crippen molar-refractivity contribution >= 4 is 23.4 Å². The minimum Gasteiger partial charge on any atom is -0.444 e. The van der Waals surface area contributed by atoms with Gasteiger partial charge >= 0.3 is 18.0 Å². The van der Waals surface area contributed by atoms with E-state index in [1.165, 1.54) is 4.90 Å². The van der Waals surface area contributed by atoms with Crippen LogP contribution in [0.2, 0.25) is 0 Å². The number of para-hydroxylation sites is 1. The summed E-state index contributed by atoms with van der Waals surface area (Å²) in [6, 6.07) is 19.4. The number of nitrogens with zero attached hydrogens (tertiary/aromatic N) is 3. The normalized spacial score (nSPS) is 16.5. The average Bonchev–Trinajstić information content (AvgIpc) is 3.46. The van der Waals surface area contributed by atoms with Gasteiger partial charge in [-0.15, -0.1) is 0 Å². The molecule has 0 radical (unpaired) electrons. The molecule has 4 aromatic rings. The molecule has 5 rings (SSSR count). The first-order chi connectivity index (χ1) is 20.7. The summed E-state index contributed by atoms with van der Waals surface area (Å²) in [5, 5.41) is 18.8. The van der Waals surface area contributed by atoms with Crippen LogP contribution in [-0.2, 0) is 34.2 Å². The number of nitro groups is 1. The van der Waals surface area contributed by atoms with Crippen molar-refractivity contribution in [2.45, 2.75) is 51.1 Å². The minimum absolute atomic E-state index is 0.00213. The largest absolute Gasteiger partial charge is 0.444 e. The number of alkyl halides is 3. The number of nitrogens with one attached hydrogen (secondary N) is 1. The lowest BCUT2D eigenvalue weighted by Gasteiger charge is -2.30. The smallest absolute Gasteiger partial charge is 0.416 e. The summed E-state index contributed by atoms with van der Waals surface area (Å²) in [6.45, 7) is 5.05. The molecule has 10 nitrogen and oxygen atoms in total.